The molecule has 0 aliphatic heterocycles. The first kappa shape index (κ1) is 25.1. The fraction of sp³-hybridized carbons (Fsp3) is 0.357. The third-order valence-corrected chi connectivity index (χ3v) is 7.10. The molecule has 0 bridgehead atoms. The zero-order valence-corrected chi connectivity index (χ0v) is 21.7. The number of hydrogen-bond donors (Lipinski definition) is 0. The summed E-state index contributed by atoms with van der Waals surface area (Å²) < 4.78 is 23.7. The van der Waals surface area contributed by atoms with Crippen LogP contribution in [0.2, 0.25) is 0 Å². The van der Waals surface area contributed by atoms with Crippen molar-refractivity contribution >= 4 is 22.2 Å². The molecule has 0 N–H and O–H groups in total. The molecule has 0 radical (unpaired) electrons. The van der Waals surface area contributed by atoms with Crippen molar-refractivity contribution in [3.63, 3.8) is 0 Å². The van der Waals surface area contributed by atoms with Crippen LogP contribution in [0.3, 0.4) is 0 Å². The molecule has 4 aromatic heterocycles. The van der Waals surface area contributed by atoms with Gasteiger partial charge in [0.25, 0.3) is 0 Å². The van der Waals surface area contributed by atoms with Crippen LogP contribution in [0.1, 0.15) is 47.5 Å². The van der Waals surface area contributed by atoms with E-state index in [4.69, 9.17) is 23.8 Å². The van der Waals surface area contributed by atoms with E-state index in [9.17, 15) is 4.79 Å². The number of hydrogen-bond acceptors (Lipinski definition) is 10. The molecule has 1 aliphatic carbocycles. The average Bonchev–Trinajstić information content (AvgIpc) is 3.63. The number of methoxy groups -OCH3 is 2. The summed E-state index contributed by atoms with van der Waals surface area (Å²) in [6, 6.07) is 13.1. The lowest BCUT2D eigenvalue weighted by molar-refractivity contribution is 0.0456. The first-order valence-electron chi connectivity index (χ1n) is 12.9. The fourth-order valence-electron chi connectivity index (χ4n) is 5.08. The lowest BCUT2D eigenvalue weighted by Gasteiger charge is -2.27. The normalized spacial score (nSPS) is 17.6. The maximum Gasteiger partial charge on any atom is 0.240 e. The monoisotopic (exact) mass is 528 g/mol. The van der Waals surface area contributed by atoms with Crippen LogP contribution >= 0.6 is 0 Å². The highest BCUT2D eigenvalue weighted by Gasteiger charge is 2.28. The molecule has 1 saturated carbocycles. The highest BCUT2D eigenvalue weighted by molar-refractivity contribution is 5.98. The van der Waals surface area contributed by atoms with Crippen molar-refractivity contribution in [1.29, 1.82) is 0 Å². The smallest absolute Gasteiger partial charge is 0.240 e. The van der Waals surface area contributed by atoms with Gasteiger partial charge in [-0.05, 0) is 37.5 Å². The van der Waals surface area contributed by atoms with Crippen molar-refractivity contribution in [2.24, 2.45) is 5.92 Å². The van der Waals surface area contributed by atoms with E-state index in [1.54, 1.807) is 31.0 Å². The van der Waals surface area contributed by atoms with Crippen LogP contribution in [0.25, 0.3) is 27.9 Å². The molecule has 2 atom stereocenters. The Morgan fingerprint density at radius 1 is 1.08 bits per heavy atom. The molecular formula is C28H28N6O5. The van der Waals surface area contributed by atoms with Gasteiger partial charge in [-0.15, -0.1) is 15.3 Å². The maximum absolute atomic E-state index is 13.0. The molecule has 5 aromatic rings. The van der Waals surface area contributed by atoms with E-state index in [0.717, 1.165) is 36.5 Å². The second-order valence-electron chi connectivity index (χ2n) is 9.63. The summed E-state index contributed by atoms with van der Waals surface area (Å²) in [5.41, 5.74) is 2.35. The molecule has 11 nitrogen and oxygen atoms in total. The number of aromatic nitrogens is 6. The standard InChI is InChI=1S/C28H28N6O5/c1-36-16-21-13-24(33-39-21)27-31-30-26-22-8-3-4-9-23(22)28(32-34(26)27)38-15-19-11-10-18(14-29-19)25(35)17-6-5-7-20(12-17)37-2/h3-4,8-11,13-14,17,20H,5-7,12,15-16H2,1-2H3. The van der Waals surface area contributed by atoms with Gasteiger partial charge in [0.05, 0.1) is 11.8 Å². The summed E-state index contributed by atoms with van der Waals surface area (Å²) >= 11 is 0. The highest BCUT2D eigenvalue weighted by Crippen LogP contribution is 2.30. The third kappa shape index (κ3) is 4.98. The van der Waals surface area contributed by atoms with Gasteiger partial charge in [-0.25, -0.2) is 0 Å². The zero-order chi connectivity index (χ0) is 26.8. The summed E-state index contributed by atoms with van der Waals surface area (Å²) in [5, 5.41) is 19.1. The van der Waals surface area contributed by atoms with Gasteiger partial charge in [0.1, 0.15) is 13.2 Å². The Balaban J connectivity index is 1.24. The minimum absolute atomic E-state index is 0.0248. The molecule has 1 aliphatic rings. The van der Waals surface area contributed by atoms with Crippen molar-refractivity contribution in [1.82, 2.24) is 30.0 Å². The summed E-state index contributed by atoms with van der Waals surface area (Å²) in [7, 11) is 3.29. The number of nitrogens with zero attached hydrogens (tertiary/aromatic N) is 6. The van der Waals surface area contributed by atoms with Crippen molar-refractivity contribution in [3.05, 3.63) is 65.7 Å². The molecule has 0 spiro atoms. The number of pyridine rings is 1. The predicted octanol–water partition coefficient (Wildman–Crippen LogP) is 4.44. The lowest BCUT2D eigenvalue weighted by atomic mass is 9.82. The largest absolute Gasteiger partial charge is 0.470 e. The van der Waals surface area contributed by atoms with Crippen LogP contribution in [0.5, 0.6) is 5.88 Å². The van der Waals surface area contributed by atoms with Gasteiger partial charge in [0.2, 0.25) is 11.7 Å². The average molecular weight is 529 g/mol. The number of fused-ring (bicyclic) bond motifs is 3. The quantitative estimate of drug-likeness (QED) is 0.253. The second kappa shape index (κ2) is 10.9. The Hall–Kier alpha value is -4.22. The van der Waals surface area contributed by atoms with Crippen LogP contribution in [0.4, 0.5) is 0 Å². The topological polar surface area (TPSA) is 127 Å². The lowest BCUT2D eigenvalue weighted by Crippen LogP contribution is -2.27. The van der Waals surface area contributed by atoms with E-state index < -0.39 is 0 Å². The summed E-state index contributed by atoms with van der Waals surface area (Å²) in [6.45, 7) is 0.464. The predicted molar refractivity (Wildman–Crippen MR) is 140 cm³/mol. The molecule has 0 saturated heterocycles. The third-order valence-electron chi connectivity index (χ3n) is 7.10. The van der Waals surface area contributed by atoms with Gasteiger partial charge in [-0.1, -0.05) is 29.8 Å². The Kier molecular flexibility index (Phi) is 6.99. The second-order valence-corrected chi connectivity index (χ2v) is 9.63. The number of ketones is 1. The van der Waals surface area contributed by atoms with E-state index >= 15 is 0 Å². The molecule has 4 heterocycles. The maximum atomic E-state index is 13.0. The van der Waals surface area contributed by atoms with Crippen LogP contribution < -0.4 is 4.74 Å². The Morgan fingerprint density at radius 3 is 2.74 bits per heavy atom. The van der Waals surface area contributed by atoms with E-state index in [1.165, 1.54) is 0 Å². The molecule has 1 aromatic carbocycles. The van der Waals surface area contributed by atoms with Crippen LogP contribution in [0, 0.1) is 5.92 Å². The molecule has 200 valence electrons. The fourth-order valence-corrected chi connectivity index (χ4v) is 5.08. The Labute approximate surface area is 224 Å². The van der Waals surface area contributed by atoms with Crippen LogP contribution in [0.15, 0.2) is 53.2 Å². The van der Waals surface area contributed by atoms with Gasteiger partial charge < -0.3 is 18.7 Å². The van der Waals surface area contributed by atoms with E-state index in [2.05, 4.69) is 20.3 Å². The van der Waals surface area contributed by atoms with E-state index in [-0.39, 0.29) is 24.4 Å². The van der Waals surface area contributed by atoms with Crippen LogP contribution in [-0.2, 0) is 22.7 Å². The van der Waals surface area contributed by atoms with Crippen molar-refractivity contribution in [2.45, 2.75) is 45.0 Å². The van der Waals surface area contributed by atoms with Gasteiger partial charge in [-0.2, -0.15) is 4.52 Å². The molecule has 0 amide bonds. The Bertz CT molecular complexity index is 1610. The Morgan fingerprint density at radius 2 is 1.95 bits per heavy atom. The zero-order valence-electron chi connectivity index (χ0n) is 21.7. The molecular weight excluding hydrogens is 500 g/mol. The van der Waals surface area contributed by atoms with Gasteiger partial charge in [0.15, 0.2) is 22.9 Å². The number of carbonyl (C=O) groups is 1. The number of ether oxygens (including phenoxy) is 3. The summed E-state index contributed by atoms with van der Waals surface area (Å²) in [4.78, 5) is 17.5. The van der Waals surface area contributed by atoms with Gasteiger partial charge in [0, 0.05) is 48.7 Å². The van der Waals surface area contributed by atoms with Gasteiger partial charge >= 0.3 is 0 Å². The number of rotatable bonds is 9. The van der Waals surface area contributed by atoms with Gasteiger partial charge in [-0.3, -0.25) is 9.78 Å². The first-order valence-corrected chi connectivity index (χ1v) is 12.9. The molecule has 6 rings (SSSR count). The SMILES string of the molecule is COCc1cc(-c2nnc3c4ccccc4c(OCc4ccc(C(=O)C5CCCC(OC)C5)cn4)nn23)no1. The number of Topliss-reactive ketones (excluding diaryl/α,β-unsaturated/α-hetero) is 1. The van der Waals surface area contributed by atoms with Crippen molar-refractivity contribution in [2.75, 3.05) is 14.2 Å². The summed E-state index contributed by atoms with van der Waals surface area (Å²) in [6.07, 6.45) is 5.43. The van der Waals surface area contributed by atoms with E-state index in [1.807, 2.05) is 36.4 Å². The van der Waals surface area contributed by atoms with Crippen LogP contribution in [-0.4, -0.2) is 56.1 Å². The minimum Gasteiger partial charge on any atom is -0.470 e. The molecule has 39 heavy (non-hydrogen) atoms. The molecule has 2 unspecified atom stereocenters. The van der Waals surface area contributed by atoms with Crippen molar-refractivity contribution in [3.8, 4) is 17.4 Å². The molecule has 11 heteroatoms. The number of benzene rings is 1. The van der Waals surface area contributed by atoms with Crippen molar-refractivity contribution < 1.29 is 23.5 Å². The highest BCUT2D eigenvalue weighted by atomic mass is 16.5. The molecule has 1 fully saturated rings. The first-order chi connectivity index (χ1) is 19.1. The van der Waals surface area contributed by atoms with E-state index in [0.29, 0.717) is 46.7 Å². The number of carbonyl (C=O) groups excluding carboxylic acids is 1. The summed E-state index contributed by atoms with van der Waals surface area (Å²) in [5.74, 6) is 1.48. The minimum atomic E-state index is -0.0248.